The Kier molecular flexibility index (Phi) is 5.70. The molecule has 28 heavy (non-hydrogen) atoms. The standard InChI is InChI=1S/C22H24N4O2/c27-16-17-3-1-2-4-21(17)24-19-9-10-23-22(15-19)25-18-5-7-20(8-6-18)26-11-13-28-14-12-26/h1-10,15,27H,11-14,16H2,(H2,23,24,25). The summed E-state index contributed by atoms with van der Waals surface area (Å²) in [7, 11) is 0. The van der Waals surface area contributed by atoms with Gasteiger partial charge in [-0.1, -0.05) is 18.2 Å². The highest BCUT2D eigenvalue weighted by molar-refractivity contribution is 5.68. The van der Waals surface area contributed by atoms with E-state index in [0.717, 1.165) is 54.7 Å². The molecule has 0 spiro atoms. The molecule has 144 valence electrons. The van der Waals surface area contributed by atoms with Crippen molar-refractivity contribution in [2.75, 3.05) is 41.8 Å². The molecule has 1 fully saturated rings. The number of aromatic nitrogens is 1. The summed E-state index contributed by atoms with van der Waals surface area (Å²) in [6.45, 7) is 3.41. The average molecular weight is 376 g/mol. The molecule has 0 atom stereocenters. The normalized spacial score (nSPS) is 14.0. The Bertz CT molecular complexity index is 908. The van der Waals surface area contributed by atoms with Crippen LogP contribution in [0.4, 0.5) is 28.6 Å². The molecule has 0 saturated carbocycles. The fourth-order valence-corrected chi connectivity index (χ4v) is 3.24. The van der Waals surface area contributed by atoms with Crippen molar-refractivity contribution < 1.29 is 9.84 Å². The molecule has 0 radical (unpaired) electrons. The van der Waals surface area contributed by atoms with Gasteiger partial charge in [-0.25, -0.2) is 4.98 Å². The number of rotatable bonds is 6. The van der Waals surface area contributed by atoms with E-state index in [-0.39, 0.29) is 6.61 Å². The van der Waals surface area contributed by atoms with Crippen molar-refractivity contribution in [2.24, 2.45) is 0 Å². The van der Waals surface area contributed by atoms with Gasteiger partial charge in [0.15, 0.2) is 0 Å². The molecule has 6 heteroatoms. The smallest absolute Gasteiger partial charge is 0.132 e. The first-order valence-corrected chi connectivity index (χ1v) is 9.43. The van der Waals surface area contributed by atoms with Gasteiger partial charge in [0.05, 0.1) is 19.8 Å². The van der Waals surface area contributed by atoms with E-state index in [9.17, 15) is 5.11 Å². The first-order valence-electron chi connectivity index (χ1n) is 9.43. The van der Waals surface area contributed by atoms with Gasteiger partial charge in [0.25, 0.3) is 0 Å². The molecule has 3 N–H and O–H groups in total. The van der Waals surface area contributed by atoms with Crippen molar-refractivity contribution in [1.82, 2.24) is 4.98 Å². The Morgan fingerprint density at radius 3 is 2.50 bits per heavy atom. The number of morpholine rings is 1. The summed E-state index contributed by atoms with van der Waals surface area (Å²) in [6.07, 6.45) is 1.76. The maximum Gasteiger partial charge on any atom is 0.132 e. The van der Waals surface area contributed by atoms with E-state index < -0.39 is 0 Å². The predicted octanol–water partition coefficient (Wildman–Crippen LogP) is 3.90. The van der Waals surface area contributed by atoms with Gasteiger partial charge in [-0.2, -0.15) is 0 Å². The van der Waals surface area contributed by atoms with Crippen molar-refractivity contribution >= 4 is 28.6 Å². The molecule has 0 unspecified atom stereocenters. The topological polar surface area (TPSA) is 69.7 Å². The number of para-hydroxylation sites is 1. The highest BCUT2D eigenvalue weighted by Crippen LogP contribution is 2.25. The zero-order chi connectivity index (χ0) is 19.2. The van der Waals surface area contributed by atoms with Crippen molar-refractivity contribution in [1.29, 1.82) is 0 Å². The van der Waals surface area contributed by atoms with Crippen molar-refractivity contribution in [2.45, 2.75) is 6.61 Å². The molecule has 1 aromatic heterocycles. The zero-order valence-electron chi connectivity index (χ0n) is 15.6. The molecular formula is C22H24N4O2. The minimum atomic E-state index is -0.00510. The lowest BCUT2D eigenvalue weighted by Gasteiger charge is -2.28. The number of nitrogens with zero attached hydrogens (tertiary/aromatic N) is 2. The molecule has 0 bridgehead atoms. The second kappa shape index (κ2) is 8.73. The Morgan fingerprint density at radius 2 is 1.71 bits per heavy atom. The fourth-order valence-electron chi connectivity index (χ4n) is 3.24. The first-order chi connectivity index (χ1) is 13.8. The minimum absolute atomic E-state index is 0.00510. The molecule has 4 rings (SSSR count). The highest BCUT2D eigenvalue weighted by atomic mass is 16.5. The van der Waals surface area contributed by atoms with Gasteiger partial charge in [-0.05, 0) is 36.4 Å². The molecular weight excluding hydrogens is 352 g/mol. The maximum atomic E-state index is 9.49. The van der Waals surface area contributed by atoms with Crippen LogP contribution in [0.1, 0.15) is 5.56 Å². The zero-order valence-corrected chi connectivity index (χ0v) is 15.6. The Morgan fingerprint density at radius 1 is 0.929 bits per heavy atom. The molecule has 2 heterocycles. The third kappa shape index (κ3) is 4.42. The summed E-state index contributed by atoms with van der Waals surface area (Å²) >= 11 is 0. The summed E-state index contributed by atoms with van der Waals surface area (Å²) in [4.78, 5) is 6.73. The monoisotopic (exact) mass is 376 g/mol. The second-order valence-electron chi connectivity index (χ2n) is 6.64. The van der Waals surface area contributed by atoms with Crippen LogP contribution < -0.4 is 15.5 Å². The molecule has 2 aromatic carbocycles. The van der Waals surface area contributed by atoms with Gasteiger partial charge < -0.3 is 25.4 Å². The lowest BCUT2D eigenvalue weighted by Crippen LogP contribution is -2.36. The molecule has 6 nitrogen and oxygen atoms in total. The van der Waals surface area contributed by atoms with E-state index in [1.54, 1.807) is 6.20 Å². The fraction of sp³-hybridized carbons (Fsp3) is 0.227. The van der Waals surface area contributed by atoms with Crippen LogP contribution in [0.3, 0.4) is 0 Å². The van der Waals surface area contributed by atoms with Crippen LogP contribution >= 0.6 is 0 Å². The van der Waals surface area contributed by atoms with Crippen LogP contribution in [-0.4, -0.2) is 36.4 Å². The molecule has 0 aliphatic carbocycles. The Hall–Kier alpha value is -3.09. The minimum Gasteiger partial charge on any atom is -0.392 e. The number of nitrogens with one attached hydrogen (secondary N) is 2. The number of aliphatic hydroxyl groups excluding tert-OH is 1. The Balaban J connectivity index is 1.44. The van der Waals surface area contributed by atoms with Crippen LogP contribution in [0.15, 0.2) is 66.9 Å². The number of hydrogen-bond donors (Lipinski definition) is 3. The van der Waals surface area contributed by atoms with Gasteiger partial charge in [-0.3, -0.25) is 0 Å². The second-order valence-corrected chi connectivity index (χ2v) is 6.64. The molecule has 1 saturated heterocycles. The molecule has 1 aliphatic heterocycles. The van der Waals surface area contributed by atoms with Crippen LogP contribution in [-0.2, 0) is 11.3 Å². The SMILES string of the molecule is OCc1ccccc1Nc1ccnc(Nc2ccc(N3CCOCC3)cc2)c1. The third-order valence-corrected chi connectivity index (χ3v) is 4.74. The number of hydrogen-bond acceptors (Lipinski definition) is 6. The summed E-state index contributed by atoms with van der Waals surface area (Å²) in [5.41, 5.74) is 4.84. The van der Waals surface area contributed by atoms with E-state index in [1.165, 1.54) is 5.69 Å². The molecule has 3 aromatic rings. The number of pyridine rings is 1. The van der Waals surface area contributed by atoms with Crippen molar-refractivity contribution in [3.05, 3.63) is 72.4 Å². The van der Waals surface area contributed by atoms with Gasteiger partial charge in [0, 0.05) is 53.7 Å². The van der Waals surface area contributed by atoms with Crippen molar-refractivity contribution in [3.8, 4) is 0 Å². The number of ether oxygens (including phenoxy) is 1. The van der Waals surface area contributed by atoms with E-state index in [0.29, 0.717) is 0 Å². The molecule has 1 aliphatic rings. The average Bonchev–Trinajstić information content (AvgIpc) is 2.76. The van der Waals surface area contributed by atoms with E-state index in [1.807, 2.05) is 36.4 Å². The summed E-state index contributed by atoms with van der Waals surface area (Å²) < 4.78 is 5.41. The van der Waals surface area contributed by atoms with Gasteiger partial charge in [-0.15, -0.1) is 0 Å². The summed E-state index contributed by atoms with van der Waals surface area (Å²) in [6, 6.07) is 19.9. The van der Waals surface area contributed by atoms with Gasteiger partial charge in [0.1, 0.15) is 5.82 Å². The third-order valence-electron chi connectivity index (χ3n) is 4.74. The lowest BCUT2D eigenvalue weighted by molar-refractivity contribution is 0.122. The Labute approximate surface area is 164 Å². The number of benzene rings is 2. The van der Waals surface area contributed by atoms with Crippen LogP contribution in [0.25, 0.3) is 0 Å². The molecule has 0 amide bonds. The van der Waals surface area contributed by atoms with Crippen LogP contribution in [0, 0.1) is 0 Å². The van der Waals surface area contributed by atoms with E-state index in [2.05, 4.69) is 44.8 Å². The van der Waals surface area contributed by atoms with Crippen LogP contribution in [0.5, 0.6) is 0 Å². The number of anilines is 5. The quantitative estimate of drug-likeness (QED) is 0.606. The number of aliphatic hydroxyl groups is 1. The lowest BCUT2D eigenvalue weighted by atomic mass is 10.2. The van der Waals surface area contributed by atoms with E-state index >= 15 is 0 Å². The summed E-state index contributed by atoms with van der Waals surface area (Å²) in [5, 5.41) is 16.2. The predicted molar refractivity (Wildman–Crippen MR) is 113 cm³/mol. The van der Waals surface area contributed by atoms with Gasteiger partial charge >= 0.3 is 0 Å². The van der Waals surface area contributed by atoms with Crippen LogP contribution in [0.2, 0.25) is 0 Å². The van der Waals surface area contributed by atoms with E-state index in [4.69, 9.17) is 4.74 Å². The maximum absolute atomic E-state index is 9.49. The largest absolute Gasteiger partial charge is 0.392 e. The first kappa shape index (κ1) is 18.3. The highest BCUT2D eigenvalue weighted by Gasteiger charge is 2.11. The van der Waals surface area contributed by atoms with Gasteiger partial charge in [0.2, 0.25) is 0 Å². The van der Waals surface area contributed by atoms with Crippen molar-refractivity contribution in [3.63, 3.8) is 0 Å². The summed E-state index contributed by atoms with van der Waals surface area (Å²) in [5.74, 6) is 0.755.